The Morgan fingerprint density at radius 2 is 1.58 bits per heavy atom. The van der Waals surface area contributed by atoms with E-state index in [-0.39, 0.29) is 23.2 Å². The Balaban J connectivity index is 1.90. The zero-order valence-corrected chi connectivity index (χ0v) is 19.9. The van der Waals surface area contributed by atoms with E-state index in [0.717, 1.165) is 15.4 Å². The van der Waals surface area contributed by atoms with Gasteiger partial charge in [0.15, 0.2) is 11.5 Å². The average Bonchev–Trinajstić information content (AvgIpc) is 2.82. The van der Waals surface area contributed by atoms with Gasteiger partial charge in [0, 0.05) is 6.07 Å². The van der Waals surface area contributed by atoms with Gasteiger partial charge >= 0.3 is 0 Å². The van der Waals surface area contributed by atoms with Crippen molar-refractivity contribution < 1.29 is 22.7 Å². The minimum atomic E-state index is -4.08. The molecule has 0 bridgehead atoms. The number of carbonyl (C=O) groups excluding carboxylic acids is 1. The molecule has 0 aromatic heterocycles. The highest BCUT2D eigenvalue weighted by Gasteiger charge is 2.28. The Morgan fingerprint density at radius 3 is 2.18 bits per heavy atom. The summed E-state index contributed by atoms with van der Waals surface area (Å²) in [5.41, 5.74) is 2.43. The molecule has 0 unspecified atom stereocenters. The lowest BCUT2D eigenvalue weighted by Crippen LogP contribution is -2.41. The molecule has 1 amide bonds. The smallest absolute Gasteiger partial charge is 0.264 e. The van der Waals surface area contributed by atoms with Crippen LogP contribution in [0, 0.1) is 6.92 Å². The second kappa shape index (κ2) is 10.4. The van der Waals surface area contributed by atoms with Gasteiger partial charge in [-0.3, -0.25) is 9.10 Å². The van der Waals surface area contributed by atoms with Crippen LogP contribution in [0.4, 0.5) is 5.69 Å². The molecule has 0 spiro atoms. The van der Waals surface area contributed by atoms with Crippen LogP contribution in [-0.4, -0.2) is 35.1 Å². The van der Waals surface area contributed by atoms with Gasteiger partial charge in [0.1, 0.15) is 6.54 Å². The number of benzene rings is 3. The molecular formula is C25H28N2O5S. The van der Waals surface area contributed by atoms with Crippen LogP contribution in [0.25, 0.3) is 0 Å². The number of anilines is 1. The van der Waals surface area contributed by atoms with E-state index in [2.05, 4.69) is 5.32 Å². The summed E-state index contributed by atoms with van der Waals surface area (Å²) in [5.74, 6) is 0.271. The fourth-order valence-electron chi connectivity index (χ4n) is 3.37. The van der Waals surface area contributed by atoms with Crippen LogP contribution < -0.4 is 19.1 Å². The minimum Gasteiger partial charge on any atom is -0.493 e. The number of hydrogen-bond acceptors (Lipinski definition) is 5. The summed E-state index contributed by atoms with van der Waals surface area (Å²) < 4.78 is 38.7. The van der Waals surface area contributed by atoms with Crippen molar-refractivity contribution in [2.45, 2.75) is 24.8 Å². The summed E-state index contributed by atoms with van der Waals surface area (Å²) in [6, 6.07) is 20.4. The third-order valence-electron chi connectivity index (χ3n) is 5.23. The van der Waals surface area contributed by atoms with Gasteiger partial charge in [-0.15, -0.1) is 0 Å². The van der Waals surface area contributed by atoms with E-state index in [1.165, 1.54) is 32.4 Å². The zero-order valence-electron chi connectivity index (χ0n) is 19.1. The van der Waals surface area contributed by atoms with E-state index in [4.69, 9.17) is 9.47 Å². The number of carbonyl (C=O) groups is 1. The summed E-state index contributed by atoms with van der Waals surface area (Å²) >= 11 is 0. The molecule has 174 valence electrons. The van der Waals surface area contributed by atoms with Crippen molar-refractivity contribution in [2.24, 2.45) is 0 Å². The van der Waals surface area contributed by atoms with Gasteiger partial charge in [-0.2, -0.15) is 0 Å². The standard InChI is InChI=1S/C25H28N2O5S/c1-18-10-12-20(13-11-18)19(2)26-25(28)17-27(21-8-6-5-7-9-21)33(29,30)22-14-15-23(31-3)24(16-22)32-4/h5-16,19H,17H2,1-4H3,(H,26,28)/t19-/m1/s1. The molecule has 0 saturated carbocycles. The molecule has 0 aliphatic rings. The van der Waals surface area contributed by atoms with Gasteiger partial charge in [-0.25, -0.2) is 8.42 Å². The first-order valence-electron chi connectivity index (χ1n) is 10.4. The fourth-order valence-corrected chi connectivity index (χ4v) is 4.81. The molecule has 1 atom stereocenters. The van der Waals surface area contributed by atoms with E-state index in [1.54, 1.807) is 30.3 Å². The Kier molecular flexibility index (Phi) is 7.60. The molecule has 1 N–H and O–H groups in total. The summed E-state index contributed by atoms with van der Waals surface area (Å²) in [6.45, 7) is 3.47. The lowest BCUT2D eigenvalue weighted by Gasteiger charge is -2.25. The van der Waals surface area contributed by atoms with Crippen molar-refractivity contribution in [2.75, 3.05) is 25.1 Å². The van der Waals surface area contributed by atoms with Crippen LogP contribution in [0.3, 0.4) is 0 Å². The number of para-hydroxylation sites is 1. The van der Waals surface area contributed by atoms with Gasteiger partial charge in [-0.1, -0.05) is 48.0 Å². The molecule has 0 saturated heterocycles. The van der Waals surface area contributed by atoms with Gasteiger partial charge < -0.3 is 14.8 Å². The lowest BCUT2D eigenvalue weighted by molar-refractivity contribution is -0.120. The van der Waals surface area contributed by atoms with Crippen LogP contribution in [0.1, 0.15) is 24.1 Å². The number of aryl methyl sites for hydroxylation is 1. The molecule has 33 heavy (non-hydrogen) atoms. The third-order valence-corrected chi connectivity index (χ3v) is 7.00. The maximum absolute atomic E-state index is 13.6. The van der Waals surface area contributed by atoms with Crippen LogP contribution >= 0.6 is 0 Å². The van der Waals surface area contributed by atoms with Crippen molar-refractivity contribution in [1.29, 1.82) is 0 Å². The Labute approximate surface area is 195 Å². The molecule has 3 aromatic carbocycles. The molecule has 7 nitrogen and oxygen atoms in total. The quantitative estimate of drug-likeness (QED) is 0.511. The van der Waals surface area contributed by atoms with Crippen molar-refractivity contribution >= 4 is 21.6 Å². The number of rotatable bonds is 9. The van der Waals surface area contributed by atoms with Crippen molar-refractivity contribution in [3.05, 3.63) is 83.9 Å². The summed E-state index contributed by atoms with van der Waals surface area (Å²) in [5, 5.41) is 2.89. The second-order valence-electron chi connectivity index (χ2n) is 7.56. The number of nitrogens with zero attached hydrogens (tertiary/aromatic N) is 1. The largest absolute Gasteiger partial charge is 0.493 e. The average molecular weight is 469 g/mol. The van der Waals surface area contributed by atoms with E-state index in [9.17, 15) is 13.2 Å². The van der Waals surface area contributed by atoms with Crippen LogP contribution in [-0.2, 0) is 14.8 Å². The topological polar surface area (TPSA) is 84.9 Å². The predicted octanol–water partition coefficient (Wildman–Crippen LogP) is 4.08. The molecule has 0 heterocycles. The van der Waals surface area contributed by atoms with E-state index in [0.29, 0.717) is 11.4 Å². The molecule has 0 aliphatic carbocycles. The normalized spacial score (nSPS) is 12.0. The number of ether oxygens (including phenoxy) is 2. The van der Waals surface area contributed by atoms with Crippen LogP contribution in [0.5, 0.6) is 11.5 Å². The second-order valence-corrected chi connectivity index (χ2v) is 9.43. The third kappa shape index (κ3) is 5.64. The first-order valence-corrected chi connectivity index (χ1v) is 11.9. The van der Waals surface area contributed by atoms with Crippen molar-refractivity contribution in [1.82, 2.24) is 5.32 Å². The maximum Gasteiger partial charge on any atom is 0.264 e. The minimum absolute atomic E-state index is 0.0108. The van der Waals surface area contributed by atoms with Crippen molar-refractivity contribution in [3.8, 4) is 11.5 Å². The monoisotopic (exact) mass is 468 g/mol. The Hall–Kier alpha value is -3.52. The predicted molar refractivity (Wildman–Crippen MR) is 128 cm³/mol. The molecule has 3 aromatic rings. The molecular weight excluding hydrogens is 440 g/mol. The number of nitrogens with one attached hydrogen (secondary N) is 1. The highest BCUT2D eigenvalue weighted by Crippen LogP contribution is 2.32. The number of hydrogen-bond donors (Lipinski definition) is 1. The van der Waals surface area contributed by atoms with Gasteiger partial charge in [0.05, 0.1) is 30.8 Å². The van der Waals surface area contributed by atoms with Crippen LogP contribution in [0.2, 0.25) is 0 Å². The van der Waals surface area contributed by atoms with Crippen LogP contribution in [0.15, 0.2) is 77.7 Å². The van der Waals surface area contributed by atoms with Gasteiger partial charge in [-0.05, 0) is 43.7 Å². The Bertz CT molecular complexity index is 1200. The van der Waals surface area contributed by atoms with E-state index >= 15 is 0 Å². The number of methoxy groups -OCH3 is 2. The number of amides is 1. The zero-order chi connectivity index (χ0) is 24.0. The molecule has 0 fully saturated rings. The van der Waals surface area contributed by atoms with Gasteiger partial charge in [0.25, 0.3) is 10.0 Å². The highest BCUT2D eigenvalue weighted by molar-refractivity contribution is 7.92. The van der Waals surface area contributed by atoms with Crippen molar-refractivity contribution in [3.63, 3.8) is 0 Å². The highest BCUT2D eigenvalue weighted by atomic mass is 32.2. The lowest BCUT2D eigenvalue weighted by atomic mass is 10.1. The number of sulfonamides is 1. The first-order chi connectivity index (χ1) is 15.8. The summed E-state index contributed by atoms with van der Waals surface area (Å²) in [7, 11) is -1.17. The SMILES string of the molecule is COc1ccc(S(=O)(=O)N(CC(=O)N[C@H](C)c2ccc(C)cc2)c2ccccc2)cc1OC. The summed E-state index contributed by atoms with van der Waals surface area (Å²) in [6.07, 6.45) is 0. The summed E-state index contributed by atoms with van der Waals surface area (Å²) in [4.78, 5) is 12.9. The maximum atomic E-state index is 13.6. The van der Waals surface area contributed by atoms with E-state index in [1.807, 2.05) is 38.1 Å². The first kappa shape index (κ1) is 24.1. The van der Waals surface area contributed by atoms with Gasteiger partial charge in [0.2, 0.25) is 5.91 Å². The molecule has 3 rings (SSSR count). The molecule has 0 radical (unpaired) electrons. The molecule has 0 aliphatic heterocycles. The Morgan fingerprint density at radius 1 is 0.939 bits per heavy atom. The fraction of sp³-hybridized carbons (Fsp3) is 0.240. The van der Waals surface area contributed by atoms with E-state index < -0.39 is 15.9 Å². The molecule has 8 heteroatoms.